The summed E-state index contributed by atoms with van der Waals surface area (Å²) in [7, 11) is 0. The van der Waals surface area contributed by atoms with Crippen LogP contribution in [-0.4, -0.2) is 19.9 Å². The molecule has 4 nitrogen and oxygen atoms in total. The summed E-state index contributed by atoms with van der Waals surface area (Å²) in [6, 6.07) is 47.9. The number of nitrogens with zero attached hydrogens (tertiary/aromatic N) is 4. The van der Waals surface area contributed by atoms with E-state index in [0.29, 0.717) is 0 Å². The molecule has 6 aromatic carbocycles. The molecule has 4 aromatic heterocycles. The molecule has 0 N–H and O–H groups in total. The van der Waals surface area contributed by atoms with Gasteiger partial charge in [-0.15, -0.1) is 0 Å². The summed E-state index contributed by atoms with van der Waals surface area (Å²) in [6.07, 6.45) is 3.74. The van der Waals surface area contributed by atoms with Crippen LogP contribution in [0.25, 0.3) is 98.7 Å². The molecule has 0 saturated heterocycles. The first-order valence-corrected chi connectivity index (χ1v) is 17.5. The molecule has 0 saturated carbocycles. The molecule has 1 aliphatic rings. The highest BCUT2D eigenvalue weighted by molar-refractivity contribution is 6.24. The molecule has 10 aromatic rings. The van der Waals surface area contributed by atoms with E-state index in [1.165, 1.54) is 43.8 Å². The van der Waals surface area contributed by atoms with Gasteiger partial charge in [-0.25, -0.2) is 9.97 Å². The average Bonchev–Trinajstić information content (AvgIpc) is 3.42. The maximum Gasteiger partial charge on any atom is 0.0978 e. The third-order valence-electron chi connectivity index (χ3n) is 11.1. The van der Waals surface area contributed by atoms with Crippen molar-refractivity contribution in [1.82, 2.24) is 19.9 Å². The second-order valence-electron chi connectivity index (χ2n) is 14.2. The lowest BCUT2D eigenvalue weighted by Crippen LogP contribution is -2.16. The predicted octanol–water partition coefficient (Wildman–Crippen LogP) is 11.8. The molecule has 0 fully saturated rings. The minimum absolute atomic E-state index is 0.248. The maximum atomic E-state index is 5.45. The van der Waals surface area contributed by atoms with Crippen molar-refractivity contribution < 1.29 is 0 Å². The highest BCUT2D eigenvalue weighted by Crippen LogP contribution is 2.51. The molecule has 51 heavy (non-hydrogen) atoms. The van der Waals surface area contributed by atoms with Gasteiger partial charge in [0.2, 0.25) is 0 Å². The van der Waals surface area contributed by atoms with Crippen LogP contribution >= 0.6 is 0 Å². The van der Waals surface area contributed by atoms with Crippen molar-refractivity contribution >= 4 is 65.2 Å². The van der Waals surface area contributed by atoms with Gasteiger partial charge in [0.05, 0.1) is 33.5 Å². The molecule has 0 amide bonds. The van der Waals surface area contributed by atoms with E-state index in [9.17, 15) is 0 Å². The maximum absolute atomic E-state index is 5.45. The monoisotopic (exact) mass is 650 g/mol. The summed E-state index contributed by atoms with van der Waals surface area (Å²) >= 11 is 0. The van der Waals surface area contributed by atoms with Crippen LogP contribution < -0.4 is 0 Å². The van der Waals surface area contributed by atoms with E-state index in [1.54, 1.807) is 0 Å². The van der Waals surface area contributed by atoms with Gasteiger partial charge in [-0.3, -0.25) is 9.97 Å². The van der Waals surface area contributed by atoms with Crippen LogP contribution in [0.15, 0.2) is 146 Å². The van der Waals surface area contributed by atoms with Gasteiger partial charge in [0.25, 0.3) is 0 Å². The Bertz CT molecular complexity index is 3090. The number of hydrogen-bond donors (Lipinski definition) is 0. The molecule has 1 aliphatic carbocycles. The number of hydrogen-bond acceptors (Lipinski definition) is 4. The van der Waals surface area contributed by atoms with Crippen molar-refractivity contribution in [2.24, 2.45) is 0 Å². The fourth-order valence-corrected chi connectivity index (χ4v) is 8.60. The minimum Gasteiger partial charge on any atom is -0.254 e. The standard InChI is InChI=1S/C47H30N4/c1-47(2)40-20-18-28(25-37(40)39-26-38-33-15-6-5-14-32(33)35-17-9-23-49-43(35)45(38)51-46(39)47)27-10-7-11-29(24-27)41-21-19-36-31-13-4-3-12-30(31)34-16-8-22-48-42(34)44(36)50-41/h3-26H,1-2H3. The second kappa shape index (κ2) is 10.3. The predicted molar refractivity (Wildman–Crippen MR) is 211 cm³/mol. The molecule has 11 rings (SSSR count). The van der Waals surface area contributed by atoms with Gasteiger partial charge in [-0.2, -0.15) is 0 Å². The summed E-state index contributed by atoms with van der Waals surface area (Å²) in [5.74, 6) is 0. The van der Waals surface area contributed by atoms with Crippen LogP contribution in [0.4, 0.5) is 0 Å². The van der Waals surface area contributed by atoms with Crippen molar-refractivity contribution in [3.05, 3.63) is 157 Å². The smallest absolute Gasteiger partial charge is 0.0978 e. The highest BCUT2D eigenvalue weighted by atomic mass is 14.8. The Balaban J connectivity index is 1.07. The largest absolute Gasteiger partial charge is 0.254 e. The third-order valence-corrected chi connectivity index (χ3v) is 11.1. The molecule has 0 atom stereocenters. The SMILES string of the molecule is CC1(C)c2ccc(-c3cccc(-c4ccc5c6ccccc6c6cccnc6c5n4)c3)cc2-c2cc3c4ccccc4c4cccnc4c3nc21. The number of aromatic nitrogens is 4. The summed E-state index contributed by atoms with van der Waals surface area (Å²) in [5.41, 5.74) is 12.7. The molecule has 0 bridgehead atoms. The van der Waals surface area contributed by atoms with E-state index < -0.39 is 0 Å². The molecular formula is C47H30N4. The summed E-state index contributed by atoms with van der Waals surface area (Å²) in [4.78, 5) is 20.4. The Labute approximate surface area is 294 Å². The van der Waals surface area contributed by atoms with Gasteiger partial charge in [-0.05, 0) is 86.3 Å². The van der Waals surface area contributed by atoms with E-state index in [-0.39, 0.29) is 5.41 Å². The van der Waals surface area contributed by atoms with E-state index in [4.69, 9.17) is 19.9 Å². The first-order chi connectivity index (χ1) is 25.0. The lowest BCUT2D eigenvalue weighted by atomic mass is 9.84. The number of rotatable bonds is 2. The Hall–Kier alpha value is -6.52. The lowest BCUT2D eigenvalue weighted by Gasteiger charge is -2.21. The molecule has 0 aliphatic heterocycles. The van der Waals surface area contributed by atoms with Crippen LogP contribution in [0.5, 0.6) is 0 Å². The van der Waals surface area contributed by atoms with Crippen molar-refractivity contribution in [3.8, 4) is 33.5 Å². The van der Waals surface area contributed by atoms with Crippen molar-refractivity contribution in [1.29, 1.82) is 0 Å². The first-order valence-electron chi connectivity index (χ1n) is 17.5. The van der Waals surface area contributed by atoms with Crippen LogP contribution in [0.3, 0.4) is 0 Å². The summed E-state index contributed by atoms with van der Waals surface area (Å²) in [6.45, 7) is 4.58. The Morgan fingerprint density at radius 1 is 0.392 bits per heavy atom. The molecule has 0 spiro atoms. The average molecular weight is 651 g/mol. The summed E-state index contributed by atoms with van der Waals surface area (Å²) < 4.78 is 0. The van der Waals surface area contributed by atoms with Crippen molar-refractivity contribution in [2.75, 3.05) is 0 Å². The summed E-state index contributed by atoms with van der Waals surface area (Å²) in [5, 5.41) is 9.34. The fraction of sp³-hybridized carbons (Fsp3) is 0.0638. The van der Waals surface area contributed by atoms with E-state index >= 15 is 0 Å². The van der Waals surface area contributed by atoms with E-state index in [0.717, 1.165) is 66.1 Å². The lowest BCUT2D eigenvalue weighted by molar-refractivity contribution is 0.640. The molecular weight excluding hydrogens is 621 g/mol. The van der Waals surface area contributed by atoms with Crippen LogP contribution in [-0.2, 0) is 5.41 Å². The molecule has 0 radical (unpaired) electrons. The molecule has 238 valence electrons. The zero-order valence-corrected chi connectivity index (χ0v) is 28.1. The van der Waals surface area contributed by atoms with E-state index in [2.05, 4.69) is 135 Å². The number of benzene rings is 6. The Kier molecular flexibility index (Phi) is 5.70. The van der Waals surface area contributed by atoms with Crippen molar-refractivity contribution in [2.45, 2.75) is 19.3 Å². The topological polar surface area (TPSA) is 51.6 Å². The van der Waals surface area contributed by atoms with Crippen LogP contribution in [0.1, 0.15) is 25.1 Å². The van der Waals surface area contributed by atoms with Gasteiger partial charge in [0, 0.05) is 50.5 Å². The fourth-order valence-electron chi connectivity index (χ4n) is 8.60. The zero-order chi connectivity index (χ0) is 33.8. The number of pyridine rings is 4. The molecule has 4 heterocycles. The number of fused-ring (bicyclic) bond motifs is 15. The zero-order valence-electron chi connectivity index (χ0n) is 28.1. The van der Waals surface area contributed by atoms with Gasteiger partial charge >= 0.3 is 0 Å². The van der Waals surface area contributed by atoms with Crippen molar-refractivity contribution in [3.63, 3.8) is 0 Å². The third kappa shape index (κ3) is 3.96. The Morgan fingerprint density at radius 3 is 1.65 bits per heavy atom. The normalized spacial score (nSPS) is 13.5. The quantitative estimate of drug-likeness (QED) is 0.175. The Morgan fingerprint density at radius 2 is 0.961 bits per heavy atom. The van der Waals surface area contributed by atoms with Gasteiger partial charge in [-0.1, -0.05) is 105 Å². The minimum atomic E-state index is -0.248. The van der Waals surface area contributed by atoms with Crippen LogP contribution in [0, 0.1) is 0 Å². The molecule has 4 heteroatoms. The van der Waals surface area contributed by atoms with Crippen LogP contribution in [0.2, 0.25) is 0 Å². The second-order valence-corrected chi connectivity index (χ2v) is 14.2. The first kappa shape index (κ1) is 28.3. The van der Waals surface area contributed by atoms with E-state index in [1.807, 2.05) is 24.5 Å². The van der Waals surface area contributed by atoms with Gasteiger partial charge < -0.3 is 0 Å². The van der Waals surface area contributed by atoms with Gasteiger partial charge in [0.15, 0.2) is 0 Å². The van der Waals surface area contributed by atoms with Gasteiger partial charge in [0.1, 0.15) is 0 Å². The highest BCUT2D eigenvalue weighted by Gasteiger charge is 2.38. The molecule has 0 unspecified atom stereocenters.